The summed E-state index contributed by atoms with van der Waals surface area (Å²) in [6.07, 6.45) is 2.32. The number of halogens is 4. The first kappa shape index (κ1) is 15.1. The maximum atomic E-state index is 13.7. The van der Waals surface area contributed by atoms with Gasteiger partial charge in [-0.15, -0.1) is 0 Å². The molecule has 1 heterocycles. The van der Waals surface area contributed by atoms with Crippen molar-refractivity contribution in [2.75, 3.05) is 4.72 Å². The van der Waals surface area contributed by atoms with E-state index in [1.807, 2.05) is 4.72 Å². The van der Waals surface area contributed by atoms with Crippen molar-refractivity contribution in [3.05, 3.63) is 51.7 Å². The average molecular weight is 384 g/mol. The molecule has 2 aromatic rings. The second-order valence-corrected chi connectivity index (χ2v) is 6.58. The number of benzene rings is 1. The van der Waals surface area contributed by atoms with E-state index < -0.39 is 31.8 Å². The van der Waals surface area contributed by atoms with E-state index in [-0.39, 0.29) is 9.92 Å². The zero-order valence-electron chi connectivity index (χ0n) is 9.57. The van der Waals surface area contributed by atoms with Crippen molar-refractivity contribution in [2.24, 2.45) is 0 Å². The molecule has 0 atom stereocenters. The fourth-order valence-electron chi connectivity index (χ4n) is 1.35. The zero-order chi connectivity index (χ0) is 14.9. The molecule has 2 rings (SSSR count). The zero-order valence-corrected chi connectivity index (χ0v) is 12.7. The molecule has 1 aromatic heterocycles. The number of sulfonamides is 1. The summed E-state index contributed by atoms with van der Waals surface area (Å²) in [6, 6.07) is 3.07. The molecule has 0 radical (unpaired) electrons. The summed E-state index contributed by atoms with van der Waals surface area (Å²) in [6.45, 7) is 0. The van der Waals surface area contributed by atoms with Crippen LogP contribution in [0.3, 0.4) is 0 Å². The van der Waals surface area contributed by atoms with Crippen LogP contribution in [0.5, 0.6) is 0 Å². The van der Waals surface area contributed by atoms with Crippen molar-refractivity contribution in [3.63, 3.8) is 0 Å². The van der Waals surface area contributed by atoms with E-state index in [4.69, 9.17) is 11.6 Å². The molecule has 0 saturated heterocycles. The van der Waals surface area contributed by atoms with Crippen molar-refractivity contribution >= 4 is 43.2 Å². The van der Waals surface area contributed by atoms with Crippen LogP contribution in [0.2, 0.25) is 5.02 Å². The van der Waals surface area contributed by atoms with Gasteiger partial charge >= 0.3 is 0 Å². The molecular formula is C11H6BrClF2N2O2S. The minimum absolute atomic E-state index is 0.119. The number of anilines is 1. The molecule has 0 aliphatic rings. The molecule has 106 valence electrons. The Hall–Kier alpha value is -1.25. The molecule has 0 amide bonds. The van der Waals surface area contributed by atoms with Gasteiger partial charge in [0.25, 0.3) is 10.0 Å². The molecule has 0 bridgehead atoms. The SMILES string of the molecule is O=S(=O)(Nc1ccc(F)c(Br)c1F)c1cncc(Cl)c1. The van der Waals surface area contributed by atoms with E-state index >= 15 is 0 Å². The molecule has 0 saturated carbocycles. The Morgan fingerprint density at radius 2 is 1.95 bits per heavy atom. The second-order valence-electron chi connectivity index (χ2n) is 3.67. The molecule has 0 unspecified atom stereocenters. The molecule has 1 N–H and O–H groups in total. The number of nitrogens with one attached hydrogen (secondary N) is 1. The first-order valence-corrected chi connectivity index (χ1v) is 7.73. The Bertz CT molecular complexity index is 771. The molecule has 9 heteroatoms. The van der Waals surface area contributed by atoms with Crippen molar-refractivity contribution < 1.29 is 17.2 Å². The van der Waals surface area contributed by atoms with Gasteiger partial charge in [-0.05, 0) is 34.1 Å². The largest absolute Gasteiger partial charge is 0.277 e. The lowest BCUT2D eigenvalue weighted by Crippen LogP contribution is -2.14. The summed E-state index contributed by atoms with van der Waals surface area (Å²) >= 11 is 8.33. The first-order chi connectivity index (χ1) is 9.31. The van der Waals surface area contributed by atoms with Crippen molar-refractivity contribution in [2.45, 2.75) is 4.90 Å². The van der Waals surface area contributed by atoms with E-state index in [2.05, 4.69) is 20.9 Å². The monoisotopic (exact) mass is 382 g/mol. The van der Waals surface area contributed by atoms with E-state index in [0.717, 1.165) is 24.4 Å². The molecule has 0 aliphatic carbocycles. The highest BCUT2D eigenvalue weighted by atomic mass is 79.9. The normalized spacial score (nSPS) is 11.4. The summed E-state index contributed by atoms with van der Waals surface area (Å²) in [5, 5.41) is 0.119. The van der Waals surface area contributed by atoms with Gasteiger partial charge in [-0.3, -0.25) is 9.71 Å². The van der Waals surface area contributed by atoms with Crippen molar-refractivity contribution in [3.8, 4) is 0 Å². The van der Waals surface area contributed by atoms with E-state index in [1.54, 1.807) is 0 Å². The van der Waals surface area contributed by atoms with Gasteiger partial charge in [-0.1, -0.05) is 11.6 Å². The molecule has 4 nitrogen and oxygen atoms in total. The van der Waals surface area contributed by atoms with Crippen molar-refractivity contribution in [1.29, 1.82) is 0 Å². The highest BCUT2D eigenvalue weighted by molar-refractivity contribution is 9.10. The Kier molecular flexibility index (Phi) is 4.26. The van der Waals surface area contributed by atoms with Gasteiger partial charge < -0.3 is 0 Å². The molecule has 0 aliphatic heterocycles. The molecule has 20 heavy (non-hydrogen) atoms. The summed E-state index contributed by atoms with van der Waals surface area (Å²) in [7, 11) is -4.07. The van der Waals surface area contributed by atoms with E-state index in [0.29, 0.717) is 0 Å². The number of pyridine rings is 1. The van der Waals surface area contributed by atoms with Gasteiger partial charge in [0.2, 0.25) is 0 Å². The predicted molar refractivity (Wildman–Crippen MR) is 74.1 cm³/mol. The lowest BCUT2D eigenvalue weighted by atomic mass is 10.3. The van der Waals surface area contributed by atoms with Crippen LogP contribution in [0.25, 0.3) is 0 Å². The third kappa shape index (κ3) is 3.08. The van der Waals surface area contributed by atoms with Crippen molar-refractivity contribution in [1.82, 2.24) is 4.98 Å². The summed E-state index contributed by atoms with van der Waals surface area (Å²) in [5.41, 5.74) is -0.391. The van der Waals surface area contributed by atoms with Gasteiger partial charge in [0.05, 0.1) is 15.2 Å². The standard InChI is InChI=1S/C11H6BrClF2N2O2S/c12-10-8(14)1-2-9(11(10)15)17-20(18,19)7-3-6(13)4-16-5-7/h1-5,17H. The van der Waals surface area contributed by atoms with Crippen LogP contribution < -0.4 is 4.72 Å². The molecular weight excluding hydrogens is 378 g/mol. The maximum absolute atomic E-state index is 13.7. The third-order valence-corrected chi connectivity index (χ3v) is 4.54. The molecule has 1 aromatic carbocycles. The lowest BCUT2D eigenvalue weighted by Gasteiger charge is -2.10. The molecule has 0 fully saturated rings. The smallest absolute Gasteiger partial charge is 0.263 e. The predicted octanol–water partition coefficient (Wildman–Crippen LogP) is 3.58. The highest BCUT2D eigenvalue weighted by Gasteiger charge is 2.19. The fourth-order valence-corrected chi connectivity index (χ4v) is 2.98. The van der Waals surface area contributed by atoms with Gasteiger partial charge in [-0.2, -0.15) is 0 Å². The lowest BCUT2D eigenvalue weighted by molar-refractivity contribution is 0.572. The van der Waals surface area contributed by atoms with Crippen LogP contribution in [0.1, 0.15) is 0 Å². The number of rotatable bonds is 3. The Labute approximate surface area is 127 Å². The van der Waals surface area contributed by atoms with Crippen LogP contribution in [0, 0.1) is 11.6 Å². The first-order valence-electron chi connectivity index (χ1n) is 5.08. The van der Waals surface area contributed by atoms with Gasteiger partial charge in [0.15, 0.2) is 5.82 Å². The van der Waals surface area contributed by atoms with Crippen LogP contribution in [0.4, 0.5) is 14.5 Å². The van der Waals surface area contributed by atoms with Gasteiger partial charge in [0, 0.05) is 12.4 Å². The van der Waals surface area contributed by atoms with E-state index in [9.17, 15) is 17.2 Å². The number of hydrogen-bond acceptors (Lipinski definition) is 3. The van der Waals surface area contributed by atoms with Crippen LogP contribution in [-0.4, -0.2) is 13.4 Å². The number of hydrogen-bond donors (Lipinski definition) is 1. The molecule has 0 spiro atoms. The Balaban J connectivity index is 2.41. The topological polar surface area (TPSA) is 59.1 Å². The summed E-state index contributed by atoms with van der Waals surface area (Å²) in [4.78, 5) is 3.40. The number of nitrogens with zero attached hydrogens (tertiary/aromatic N) is 1. The third-order valence-electron chi connectivity index (χ3n) is 2.27. The summed E-state index contributed by atoms with van der Waals surface area (Å²) in [5.74, 6) is -1.89. The van der Waals surface area contributed by atoms with Gasteiger partial charge in [-0.25, -0.2) is 17.2 Å². The quantitative estimate of drug-likeness (QED) is 0.824. The minimum Gasteiger partial charge on any atom is -0.277 e. The van der Waals surface area contributed by atoms with Crippen LogP contribution >= 0.6 is 27.5 Å². The Morgan fingerprint density at radius 3 is 2.60 bits per heavy atom. The van der Waals surface area contributed by atoms with Crippen LogP contribution in [0.15, 0.2) is 40.0 Å². The number of aromatic nitrogens is 1. The fraction of sp³-hybridized carbons (Fsp3) is 0. The second kappa shape index (κ2) is 5.63. The average Bonchev–Trinajstić information content (AvgIpc) is 2.39. The Morgan fingerprint density at radius 1 is 1.25 bits per heavy atom. The van der Waals surface area contributed by atoms with Gasteiger partial charge in [0.1, 0.15) is 10.7 Å². The van der Waals surface area contributed by atoms with E-state index in [1.165, 1.54) is 6.20 Å². The minimum atomic E-state index is -4.07. The van der Waals surface area contributed by atoms with Crippen LogP contribution in [-0.2, 0) is 10.0 Å². The maximum Gasteiger partial charge on any atom is 0.263 e. The summed E-state index contributed by atoms with van der Waals surface area (Å²) < 4.78 is 52.4. The highest BCUT2D eigenvalue weighted by Crippen LogP contribution is 2.27.